The number of benzene rings is 1. The zero-order valence-electron chi connectivity index (χ0n) is 18.0. The first-order valence-corrected chi connectivity index (χ1v) is 10.7. The highest BCUT2D eigenvalue weighted by molar-refractivity contribution is 6.34. The minimum absolute atomic E-state index is 0.107. The summed E-state index contributed by atoms with van der Waals surface area (Å²) in [6.45, 7) is 4.25. The minimum atomic E-state index is -0.835. The van der Waals surface area contributed by atoms with Gasteiger partial charge in [-0.15, -0.1) is 0 Å². The van der Waals surface area contributed by atoms with E-state index in [-0.39, 0.29) is 25.5 Å². The summed E-state index contributed by atoms with van der Waals surface area (Å²) in [6.07, 6.45) is 0.167. The summed E-state index contributed by atoms with van der Waals surface area (Å²) in [6, 6.07) is 3.08. The number of ether oxygens (including phenoxy) is 3. The fourth-order valence-corrected chi connectivity index (χ4v) is 4.08. The Morgan fingerprint density at radius 3 is 2.26 bits per heavy atom. The van der Waals surface area contributed by atoms with Gasteiger partial charge in [-0.2, -0.15) is 0 Å². The normalized spacial score (nSPS) is 18.0. The number of nitrogens with one attached hydrogen (secondary N) is 1. The van der Waals surface area contributed by atoms with Gasteiger partial charge >= 0.3 is 18.0 Å². The molecule has 8 nitrogen and oxygen atoms in total. The summed E-state index contributed by atoms with van der Waals surface area (Å²) in [7, 11) is 2.57. The molecule has 3 unspecified atom stereocenters. The average molecular weight is 475 g/mol. The molecule has 0 aromatic heterocycles. The van der Waals surface area contributed by atoms with E-state index in [4.69, 9.17) is 37.4 Å². The Labute approximate surface area is 192 Å². The Morgan fingerprint density at radius 2 is 1.71 bits per heavy atom. The molecule has 1 amide bonds. The smallest absolute Gasteiger partial charge is 0.410 e. The van der Waals surface area contributed by atoms with Crippen LogP contribution in [0.15, 0.2) is 18.2 Å². The molecule has 1 aromatic rings. The zero-order valence-corrected chi connectivity index (χ0v) is 19.5. The molecule has 1 saturated heterocycles. The Morgan fingerprint density at radius 1 is 1.13 bits per heavy atom. The first-order valence-electron chi connectivity index (χ1n) is 9.94. The first kappa shape index (κ1) is 25.2. The van der Waals surface area contributed by atoms with Gasteiger partial charge in [0.15, 0.2) is 0 Å². The van der Waals surface area contributed by atoms with Gasteiger partial charge in [0.1, 0.15) is 18.7 Å². The molecule has 10 heteroatoms. The molecule has 1 heterocycles. The van der Waals surface area contributed by atoms with Crippen LogP contribution in [0.2, 0.25) is 10.0 Å². The molecular formula is C21H28Cl2N2O6. The molecule has 2 rings (SSSR count). The van der Waals surface area contributed by atoms with Gasteiger partial charge < -0.3 is 14.2 Å². The Balaban J connectivity index is 2.18. The largest absolute Gasteiger partial charge is 0.468 e. The Kier molecular flexibility index (Phi) is 9.40. The Hall–Kier alpha value is -2.03. The van der Waals surface area contributed by atoms with Gasteiger partial charge in [-0.3, -0.25) is 19.8 Å². The van der Waals surface area contributed by atoms with Crippen LogP contribution in [0.5, 0.6) is 0 Å². The summed E-state index contributed by atoms with van der Waals surface area (Å²) in [5.41, 5.74) is 0.733. The van der Waals surface area contributed by atoms with Crippen molar-refractivity contribution < 1.29 is 28.6 Å². The van der Waals surface area contributed by atoms with Crippen LogP contribution in [-0.2, 0) is 30.3 Å². The highest BCUT2D eigenvalue weighted by Crippen LogP contribution is 2.25. The number of nitrogens with zero attached hydrogens (tertiary/aromatic N) is 1. The highest BCUT2D eigenvalue weighted by atomic mass is 35.5. The lowest BCUT2D eigenvalue weighted by Gasteiger charge is -2.28. The molecule has 1 fully saturated rings. The van der Waals surface area contributed by atoms with E-state index in [9.17, 15) is 14.4 Å². The monoisotopic (exact) mass is 474 g/mol. The van der Waals surface area contributed by atoms with E-state index in [0.29, 0.717) is 16.5 Å². The van der Waals surface area contributed by atoms with Gasteiger partial charge in [-0.25, -0.2) is 4.79 Å². The third-order valence-corrected chi connectivity index (χ3v) is 5.37. The van der Waals surface area contributed by atoms with Crippen LogP contribution in [0, 0.1) is 5.92 Å². The summed E-state index contributed by atoms with van der Waals surface area (Å²) in [5, 5.41) is 3.95. The topological polar surface area (TPSA) is 94.2 Å². The number of hydrogen-bond donors (Lipinski definition) is 1. The number of cyclic esters (lactones) is 1. The van der Waals surface area contributed by atoms with E-state index in [1.165, 1.54) is 19.1 Å². The van der Waals surface area contributed by atoms with E-state index in [0.717, 1.165) is 5.56 Å². The number of rotatable bonds is 10. The molecular weight excluding hydrogens is 447 g/mol. The van der Waals surface area contributed by atoms with Crippen molar-refractivity contribution >= 4 is 41.2 Å². The highest BCUT2D eigenvalue weighted by Gasteiger charge is 2.38. The summed E-state index contributed by atoms with van der Waals surface area (Å²) < 4.78 is 15.0. The van der Waals surface area contributed by atoms with E-state index in [1.54, 1.807) is 18.2 Å². The molecule has 1 aromatic carbocycles. The lowest BCUT2D eigenvalue weighted by molar-refractivity contribution is -0.147. The number of carbonyl (C=O) groups excluding carboxylic acids is 3. The number of amides is 1. The maximum absolute atomic E-state index is 12.5. The van der Waals surface area contributed by atoms with Gasteiger partial charge in [0.25, 0.3) is 0 Å². The first-order chi connectivity index (χ1) is 14.6. The molecule has 0 aliphatic carbocycles. The maximum Gasteiger partial charge on any atom is 0.410 e. The molecule has 0 radical (unpaired) electrons. The third-order valence-electron chi connectivity index (χ3n) is 4.94. The Bertz CT molecular complexity index is 784. The summed E-state index contributed by atoms with van der Waals surface area (Å²) in [4.78, 5) is 38.5. The molecule has 0 spiro atoms. The molecule has 1 N–H and O–H groups in total. The van der Waals surface area contributed by atoms with Crippen molar-refractivity contribution in [2.45, 2.75) is 51.4 Å². The molecule has 172 valence electrons. The fourth-order valence-electron chi connectivity index (χ4n) is 3.51. The van der Waals surface area contributed by atoms with Crippen molar-refractivity contribution in [1.82, 2.24) is 10.2 Å². The van der Waals surface area contributed by atoms with Gasteiger partial charge in [0, 0.05) is 16.6 Å². The van der Waals surface area contributed by atoms with E-state index in [1.807, 2.05) is 13.8 Å². The number of hydrogen-bond acceptors (Lipinski definition) is 7. The van der Waals surface area contributed by atoms with Gasteiger partial charge in [-0.05, 0) is 42.5 Å². The lowest BCUT2D eigenvalue weighted by atomic mass is 10.0. The summed E-state index contributed by atoms with van der Waals surface area (Å²) in [5.74, 6) is -0.815. The standard InChI is InChI=1S/C21H28Cl2N2O6/c1-12(2)5-17(19(26)29-3)24-18(20(27)30-4)9-16-11-31-21(28)25(16)10-13-6-14(22)8-15(23)7-13/h6-8,12,16-18,24H,5,9-11H2,1-4H3. The lowest BCUT2D eigenvalue weighted by Crippen LogP contribution is -2.51. The van der Waals surface area contributed by atoms with Crippen molar-refractivity contribution in [3.8, 4) is 0 Å². The number of esters is 2. The van der Waals surface area contributed by atoms with E-state index < -0.39 is 36.2 Å². The predicted octanol–water partition coefficient (Wildman–Crippen LogP) is 3.42. The third kappa shape index (κ3) is 7.26. The second-order valence-electron chi connectivity index (χ2n) is 7.82. The second-order valence-corrected chi connectivity index (χ2v) is 8.69. The van der Waals surface area contributed by atoms with Crippen LogP contribution in [0.4, 0.5) is 4.79 Å². The van der Waals surface area contributed by atoms with Gasteiger partial charge in [-0.1, -0.05) is 37.0 Å². The van der Waals surface area contributed by atoms with Crippen molar-refractivity contribution in [2.24, 2.45) is 5.92 Å². The number of methoxy groups -OCH3 is 2. The van der Waals surface area contributed by atoms with E-state index >= 15 is 0 Å². The maximum atomic E-state index is 12.5. The molecule has 0 bridgehead atoms. The second kappa shape index (κ2) is 11.5. The van der Waals surface area contributed by atoms with Crippen LogP contribution in [0.3, 0.4) is 0 Å². The molecule has 1 aliphatic heterocycles. The molecule has 3 atom stereocenters. The quantitative estimate of drug-likeness (QED) is 0.409. The zero-order chi connectivity index (χ0) is 23.1. The molecule has 31 heavy (non-hydrogen) atoms. The van der Waals surface area contributed by atoms with E-state index in [2.05, 4.69) is 5.32 Å². The van der Waals surface area contributed by atoms with Crippen LogP contribution in [0.25, 0.3) is 0 Å². The molecule has 0 saturated carbocycles. The van der Waals surface area contributed by atoms with Gasteiger partial charge in [0.05, 0.1) is 20.3 Å². The van der Waals surface area contributed by atoms with Crippen molar-refractivity contribution in [2.75, 3.05) is 20.8 Å². The summed E-state index contributed by atoms with van der Waals surface area (Å²) >= 11 is 12.1. The van der Waals surface area contributed by atoms with Crippen LogP contribution < -0.4 is 5.32 Å². The van der Waals surface area contributed by atoms with Crippen molar-refractivity contribution in [3.05, 3.63) is 33.8 Å². The molecule has 1 aliphatic rings. The van der Waals surface area contributed by atoms with Crippen LogP contribution in [0.1, 0.15) is 32.3 Å². The van der Waals surface area contributed by atoms with Crippen molar-refractivity contribution in [3.63, 3.8) is 0 Å². The van der Waals surface area contributed by atoms with Crippen molar-refractivity contribution in [1.29, 1.82) is 0 Å². The fraction of sp³-hybridized carbons (Fsp3) is 0.571. The predicted molar refractivity (Wildman–Crippen MR) is 116 cm³/mol. The number of carbonyl (C=O) groups is 3. The van der Waals surface area contributed by atoms with Crippen LogP contribution in [-0.4, -0.2) is 61.9 Å². The van der Waals surface area contributed by atoms with Gasteiger partial charge in [0.2, 0.25) is 0 Å². The number of halogens is 2. The average Bonchev–Trinajstić information content (AvgIpc) is 3.03. The SMILES string of the molecule is COC(=O)C(CC(C)C)NC(CC1COC(=O)N1Cc1cc(Cl)cc(Cl)c1)C(=O)OC. The minimum Gasteiger partial charge on any atom is -0.468 e. The van der Waals surface area contributed by atoms with Crippen LogP contribution >= 0.6 is 23.2 Å².